The summed E-state index contributed by atoms with van der Waals surface area (Å²) in [5.41, 5.74) is 3.74. The van der Waals surface area contributed by atoms with Crippen molar-refractivity contribution in [3.05, 3.63) is 52.0 Å². The van der Waals surface area contributed by atoms with Crippen molar-refractivity contribution in [2.24, 2.45) is 5.84 Å². The fraction of sp³-hybridized carbons (Fsp3) is 0.308. The molecule has 102 valence electrons. The molecule has 0 fully saturated rings. The van der Waals surface area contributed by atoms with Gasteiger partial charge in [-0.05, 0) is 30.7 Å². The molecule has 1 aromatic carbocycles. The number of aryl methyl sites for hydroxylation is 1. The highest BCUT2D eigenvalue weighted by Gasteiger charge is 2.15. The van der Waals surface area contributed by atoms with Crippen LogP contribution in [0.15, 0.2) is 30.6 Å². The first kappa shape index (κ1) is 14.3. The van der Waals surface area contributed by atoms with Gasteiger partial charge in [-0.3, -0.25) is 11.3 Å². The average molecular weight is 299 g/mol. The fourth-order valence-electron chi connectivity index (χ4n) is 2.05. The molecule has 0 spiro atoms. The first-order valence-electron chi connectivity index (χ1n) is 6.06. The Labute approximate surface area is 122 Å². The van der Waals surface area contributed by atoms with E-state index in [0.717, 1.165) is 17.9 Å². The summed E-state index contributed by atoms with van der Waals surface area (Å²) in [6.07, 6.45) is 4.42. The van der Waals surface area contributed by atoms with Crippen molar-refractivity contribution in [3.8, 4) is 0 Å². The molecular weight excluding hydrogens is 283 g/mol. The van der Waals surface area contributed by atoms with Crippen LogP contribution in [0.5, 0.6) is 0 Å². The van der Waals surface area contributed by atoms with Gasteiger partial charge in [0.2, 0.25) is 0 Å². The first-order valence-corrected chi connectivity index (χ1v) is 6.81. The second-order valence-corrected chi connectivity index (χ2v) is 5.13. The molecule has 0 bridgehead atoms. The molecule has 3 N–H and O–H groups in total. The standard InChI is InChI=1S/C13H16Cl2N4/c1-2-19-4-3-17-13(19)8-12(18-16)9-5-10(14)7-11(15)6-9/h3-7,12,18H,2,8,16H2,1H3. The maximum Gasteiger partial charge on any atom is 0.110 e. The van der Waals surface area contributed by atoms with Gasteiger partial charge < -0.3 is 4.57 Å². The zero-order valence-electron chi connectivity index (χ0n) is 10.6. The Morgan fingerprint density at radius 3 is 2.58 bits per heavy atom. The van der Waals surface area contributed by atoms with Crippen molar-refractivity contribution in [2.75, 3.05) is 0 Å². The maximum absolute atomic E-state index is 6.02. The molecule has 0 saturated heterocycles. The molecule has 0 aliphatic carbocycles. The van der Waals surface area contributed by atoms with Gasteiger partial charge in [0.1, 0.15) is 5.82 Å². The van der Waals surface area contributed by atoms with Gasteiger partial charge in [-0.25, -0.2) is 4.98 Å². The van der Waals surface area contributed by atoms with E-state index in [9.17, 15) is 0 Å². The summed E-state index contributed by atoms with van der Waals surface area (Å²) in [6, 6.07) is 5.34. The number of imidazole rings is 1. The molecule has 0 saturated carbocycles. The molecule has 0 aliphatic heterocycles. The van der Waals surface area contributed by atoms with Gasteiger partial charge in [0.05, 0.1) is 6.04 Å². The zero-order chi connectivity index (χ0) is 13.8. The van der Waals surface area contributed by atoms with Gasteiger partial charge in [-0.2, -0.15) is 0 Å². The maximum atomic E-state index is 6.02. The minimum absolute atomic E-state index is 0.0797. The minimum atomic E-state index is -0.0797. The third-order valence-electron chi connectivity index (χ3n) is 3.02. The third kappa shape index (κ3) is 3.48. The van der Waals surface area contributed by atoms with Gasteiger partial charge in [-0.1, -0.05) is 23.2 Å². The van der Waals surface area contributed by atoms with Gasteiger partial charge in [0, 0.05) is 35.4 Å². The number of nitrogens with two attached hydrogens (primary N) is 1. The number of benzene rings is 1. The topological polar surface area (TPSA) is 55.9 Å². The van der Waals surface area contributed by atoms with Crippen LogP contribution >= 0.6 is 23.2 Å². The highest BCUT2D eigenvalue weighted by Crippen LogP contribution is 2.25. The lowest BCUT2D eigenvalue weighted by atomic mass is 10.0. The number of rotatable bonds is 5. The molecule has 4 nitrogen and oxygen atoms in total. The molecule has 0 aliphatic rings. The quantitative estimate of drug-likeness (QED) is 0.659. The van der Waals surface area contributed by atoms with Crippen LogP contribution in [0.3, 0.4) is 0 Å². The molecule has 2 rings (SSSR count). The van der Waals surface area contributed by atoms with Crippen molar-refractivity contribution >= 4 is 23.2 Å². The van der Waals surface area contributed by atoms with Crippen LogP contribution in [0.25, 0.3) is 0 Å². The van der Waals surface area contributed by atoms with Crippen LogP contribution in [0.4, 0.5) is 0 Å². The third-order valence-corrected chi connectivity index (χ3v) is 3.45. The monoisotopic (exact) mass is 298 g/mol. The fourth-order valence-corrected chi connectivity index (χ4v) is 2.59. The van der Waals surface area contributed by atoms with E-state index >= 15 is 0 Å². The SMILES string of the molecule is CCn1ccnc1CC(NN)c1cc(Cl)cc(Cl)c1. The summed E-state index contributed by atoms with van der Waals surface area (Å²) in [4.78, 5) is 4.35. The molecular formula is C13H16Cl2N4. The van der Waals surface area contributed by atoms with E-state index in [1.807, 2.05) is 18.3 Å². The van der Waals surface area contributed by atoms with Crippen LogP contribution in [0.2, 0.25) is 10.0 Å². The largest absolute Gasteiger partial charge is 0.335 e. The van der Waals surface area contributed by atoms with Gasteiger partial charge >= 0.3 is 0 Å². The van der Waals surface area contributed by atoms with Crippen molar-refractivity contribution in [1.29, 1.82) is 0 Å². The lowest BCUT2D eigenvalue weighted by Crippen LogP contribution is -2.30. The average Bonchev–Trinajstić information content (AvgIpc) is 2.81. The van der Waals surface area contributed by atoms with Crippen molar-refractivity contribution in [1.82, 2.24) is 15.0 Å². The number of nitrogens with zero attached hydrogens (tertiary/aromatic N) is 2. The normalized spacial score (nSPS) is 12.6. The van der Waals surface area contributed by atoms with E-state index in [-0.39, 0.29) is 6.04 Å². The van der Waals surface area contributed by atoms with E-state index < -0.39 is 0 Å². The minimum Gasteiger partial charge on any atom is -0.335 e. The van der Waals surface area contributed by atoms with E-state index in [0.29, 0.717) is 16.5 Å². The molecule has 2 aromatic rings. The second-order valence-electron chi connectivity index (χ2n) is 4.26. The number of nitrogens with one attached hydrogen (secondary N) is 1. The molecule has 0 radical (unpaired) electrons. The number of halogens is 2. The highest BCUT2D eigenvalue weighted by molar-refractivity contribution is 6.34. The van der Waals surface area contributed by atoms with Crippen LogP contribution in [0, 0.1) is 0 Å². The van der Waals surface area contributed by atoms with E-state index in [2.05, 4.69) is 21.9 Å². The van der Waals surface area contributed by atoms with Crippen LogP contribution < -0.4 is 11.3 Å². The molecule has 1 heterocycles. The molecule has 6 heteroatoms. The predicted molar refractivity (Wildman–Crippen MR) is 78.1 cm³/mol. The summed E-state index contributed by atoms with van der Waals surface area (Å²) in [5.74, 6) is 6.61. The van der Waals surface area contributed by atoms with Crippen LogP contribution in [-0.4, -0.2) is 9.55 Å². The Morgan fingerprint density at radius 1 is 1.32 bits per heavy atom. The summed E-state index contributed by atoms with van der Waals surface area (Å²) in [7, 11) is 0. The predicted octanol–water partition coefficient (Wildman–Crippen LogP) is 2.96. The van der Waals surface area contributed by atoms with Crippen molar-refractivity contribution in [2.45, 2.75) is 25.9 Å². The molecule has 1 aromatic heterocycles. The highest BCUT2D eigenvalue weighted by atomic mass is 35.5. The number of aromatic nitrogens is 2. The Hall–Kier alpha value is -1.07. The van der Waals surface area contributed by atoms with Gasteiger partial charge in [0.15, 0.2) is 0 Å². The van der Waals surface area contributed by atoms with Crippen molar-refractivity contribution in [3.63, 3.8) is 0 Å². The summed E-state index contributed by atoms with van der Waals surface area (Å²) in [5, 5.41) is 1.20. The zero-order valence-corrected chi connectivity index (χ0v) is 12.1. The lowest BCUT2D eigenvalue weighted by Gasteiger charge is -2.17. The second kappa shape index (κ2) is 6.39. The lowest BCUT2D eigenvalue weighted by molar-refractivity contribution is 0.523. The van der Waals surface area contributed by atoms with Gasteiger partial charge in [-0.15, -0.1) is 0 Å². The van der Waals surface area contributed by atoms with E-state index in [1.165, 1.54) is 0 Å². The van der Waals surface area contributed by atoms with Crippen molar-refractivity contribution < 1.29 is 0 Å². The van der Waals surface area contributed by atoms with Crippen LogP contribution in [0.1, 0.15) is 24.4 Å². The van der Waals surface area contributed by atoms with E-state index in [4.69, 9.17) is 29.0 Å². The molecule has 1 unspecified atom stereocenters. The Bertz CT molecular complexity index is 533. The Morgan fingerprint density at radius 2 is 2.00 bits per heavy atom. The number of hydrogen-bond acceptors (Lipinski definition) is 3. The first-order chi connectivity index (χ1) is 9.13. The number of hydrazine groups is 1. The number of hydrogen-bond donors (Lipinski definition) is 2. The summed E-state index contributed by atoms with van der Waals surface area (Å²) < 4.78 is 2.08. The molecule has 1 atom stereocenters. The summed E-state index contributed by atoms with van der Waals surface area (Å²) in [6.45, 7) is 2.95. The summed E-state index contributed by atoms with van der Waals surface area (Å²) >= 11 is 12.0. The van der Waals surface area contributed by atoms with Gasteiger partial charge in [0.25, 0.3) is 0 Å². The smallest absolute Gasteiger partial charge is 0.110 e. The molecule has 0 amide bonds. The Kier molecular flexibility index (Phi) is 4.82. The van der Waals surface area contributed by atoms with Crippen LogP contribution in [-0.2, 0) is 13.0 Å². The Balaban J connectivity index is 2.25. The van der Waals surface area contributed by atoms with E-state index in [1.54, 1.807) is 12.3 Å². The molecule has 19 heavy (non-hydrogen) atoms.